The second kappa shape index (κ2) is 5.91. The van der Waals surface area contributed by atoms with E-state index in [9.17, 15) is 9.59 Å². The van der Waals surface area contributed by atoms with Gasteiger partial charge in [0.15, 0.2) is 0 Å². The number of hydrogen-bond donors (Lipinski definition) is 2. The van der Waals surface area contributed by atoms with Crippen LogP contribution in [0.4, 0.5) is 5.69 Å². The van der Waals surface area contributed by atoms with Gasteiger partial charge in [-0.2, -0.15) is 0 Å². The van der Waals surface area contributed by atoms with Crippen molar-refractivity contribution in [3.05, 3.63) is 24.3 Å². The third kappa shape index (κ3) is 4.41. The number of primary amides is 1. The highest BCUT2D eigenvalue weighted by Gasteiger charge is 2.21. The average Bonchev–Trinajstić information content (AvgIpc) is 2.26. The Bertz CT molecular complexity index is 453. The van der Waals surface area contributed by atoms with Gasteiger partial charge in [-0.1, -0.05) is 32.9 Å². The minimum atomic E-state index is -0.457. The molecule has 0 unspecified atom stereocenters. The van der Waals surface area contributed by atoms with Crippen molar-refractivity contribution in [1.29, 1.82) is 0 Å². The van der Waals surface area contributed by atoms with Gasteiger partial charge in [0.25, 0.3) is 0 Å². The molecule has 4 nitrogen and oxygen atoms in total. The van der Waals surface area contributed by atoms with Crippen molar-refractivity contribution in [3.63, 3.8) is 0 Å². The SMILES string of the molecule is CC(C)(C)C(=O)Nc1ccccc1SCC(N)=O. The molecule has 0 saturated heterocycles. The number of rotatable bonds is 4. The number of thioether (sulfide) groups is 1. The summed E-state index contributed by atoms with van der Waals surface area (Å²) in [6, 6.07) is 7.36. The molecule has 0 radical (unpaired) electrons. The fourth-order valence-corrected chi connectivity index (χ4v) is 1.90. The van der Waals surface area contributed by atoms with Gasteiger partial charge in [0.1, 0.15) is 0 Å². The summed E-state index contributed by atoms with van der Waals surface area (Å²) in [5.74, 6) is -0.242. The number of nitrogens with two attached hydrogens (primary N) is 1. The summed E-state index contributed by atoms with van der Waals surface area (Å²) in [6.45, 7) is 5.55. The Morgan fingerprint density at radius 1 is 1.28 bits per heavy atom. The zero-order valence-corrected chi connectivity index (χ0v) is 11.6. The molecule has 2 amide bonds. The predicted molar refractivity (Wildman–Crippen MR) is 74.4 cm³/mol. The Kier molecular flexibility index (Phi) is 4.78. The maximum absolute atomic E-state index is 11.9. The molecule has 1 aromatic carbocycles. The maximum Gasteiger partial charge on any atom is 0.229 e. The topological polar surface area (TPSA) is 72.2 Å². The van der Waals surface area contributed by atoms with Gasteiger partial charge in [0, 0.05) is 10.3 Å². The van der Waals surface area contributed by atoms with Gasteiger partial charge in [0.2, 0.25) is 11.8 Å². The van der Waals surface area contributed by atoms with Crippen LogP contribution in [0.2, 0.25) is 0 Å². The monoisotopic (exact) mass is 266 g/mol. The van der Waals surface area contributed by atoms with Crippen LogP contribution in [-0.4, -0.2) is 17.6 Å². The largest absolute Gasteiger partial charge is 0.369 e. The number of nitrogens with one attached hydrogen (secondary N) is 1. The zero-order chi connectivity index (χ0) is 13.8. The highest BCUT2D eigenvalue weighted by molar-refractivity contribution is 8.00. The van der Waals surface area contributed by atoms with Crippen LogP contribution >= 0.6 is 11.8 Å². The van der Waals surface area contributed by atoms with E-state index < -0.39 is 5.41 Å². The lowest BCUT2D eigenvalue weighted by atomic mass is 9.95. The summed E-state index contributed by atoms with van der Waals surface area (Å²) in [5, 5.41) is 2.86. The minimum Gasteiger partial charge on any atom is -0.369 e. The Morgan fingerprint density at radius 2 is 1.89 bits per heavy atom. The molecule has 0 fully saturated rings. The molecule has 0 aliphatic heterocycles. The van der Waals surface area contributed by atoms with Crippen molar-refractivity contribution < 1.29 is 9.59 Å². The molecule has 0 bridgehead atoms. The van der Waals surface area contributed by atoms with E-state index in [1.807, 2.05) is 45.0 Å². The van der Waals surface area contributed by atoms with Gasteiger partial charge in [-0.15, -0.1) is 11.8 Å². The average molecular weight is 266 g/mol. The summed E-state index contributed by atoms with van der Waals surface area (Å²) < 4.78 is 0. The normalized spacial score (nSPS) is 11.1. The molecule has 1 rings (SSSR count). The van der Waals surface area contributed by atoms with Crippen LogP contribution in [0.1, 0.15) is 20.8 Å². The van der Waals surface area contributed by atoms with Gasteiger partial charge < -0.3 is 11.1 Å². The molecule has 0 aliphatic rings. The van der Waals surface area contributed by atoms with Crippen LogP contribution in [-0.2, 0) is 9.59 Å². The van der Waals surface area contributed by atoms with Crippen molar-refractivity contribution in [3.8, 4) is 0 Å². The first-order chi connectivity index (χ1) is 8.30. The number of anilines is 1. The fourth-order valence-electron chi connectivity index (χ4n) is 1.15. The lowest BCUT2D eigenvalue weighted by Gasteiger charge is -2.19. The van der Waals surface area contributed by atoms with Crippen molar-refractivity contribution in [2.75, 3.05) is 11.1 Å². The first-order valence-electron chi connectivity index (χ1n) is 5.62. The van der Waals surface area contributed by atoms with E-state index in [1.54, 1.807) is 0 Å². The summed E-state index contributed by atoms with van der Waals surface area (Å²) in [5.41, 5.74) is 5.37. The Labute approximate surface area is 111 Å². The standard InChI is InChI=1S/C13H18N2O2S/c1-13(2,3)12(17)15-9-6-4-5-7-10(9)18-8-11(14)16/h4-7H,8H2,1-3H3,(H2,14,16)(H,15,17). The highest BCUT2D eigenvalue weighted by atomic mass is 32.2. The van der Waals surface area contributed by atoms with E-state index in [1.165, 1.54) is 11.8 Å². The number of benzene rings is 1. The molecule has 0 aromatic heterocycles. The summed E-state index contributed by atoms with van der Waals surface area (Å²) in [7, 11) is 0. The predicted octanol–water partition coefficient (Wildman–Crippen LogP) is 2.25. The second-order valence-corrected chi connectivity index (χ2v) is 5.97. The molecule has 18 heavy (non-hydrogen) atoms. The van der Waals surface area contributed by atoms with E-state index in [0.717, 1.165) is 4.90 Å². The van der Waals surface area contributed by atoms with E-state index in [2.05, 4.69) is 5.32 Å². The molecule has 0 aliphatic carbocycles. The van der Waals surface area contributed by atoms with Crippen molar-refractivity contribution in [2.24, 2.45) is 11.1 Å². The Hall–Kier alpha value is -1.49. The molecule has 0 saturated carbocycles. The third-order valence-corrected chi connectivity index (χ3v) is 3.28. The van der Waals surface area contributed by atoms with E-state index >= 15 is 0 Å². The maximum atomic E-state index is 11.9. The molecule has 5 heteroatoms. The van der Waals surface area contributed by atoms with Gasteiger partial charge in [-0.25, -0.2) is 0 Å². The number of hydrogen-bond acceptors (Lipinski definition) is 3. The summed E-state index contributed by atoms with van der Waals surface area (Å²) in [6.07, 6.45) is 0. The van der Waals surface area contributed by atoms with E-state index in [4.69, 9.17) is 5.73 Å². The highest BCUT2D eigenvalue weighted by Crippen LogP contribution is 2.28. The smallest absolute Gasteiger partial charge is 0.229 e. The van der Waals surface area contributed by atoms with Gasteiger partial charge in [-0.3, -0.25) is 9.59 Å². The molecular formula is C13H18N2O2S. The zero-order valence-electron chi connectivity index (χ0n) is 10.8. The molecule has 0 spiro atoms. The summed E-state index contributed by atoms with van der Waals surface area (Å²) >= 11 is 1.32. The number of carbonyl (C=O) groups is 2. The molecule has 98 valence electrons. The van der Waals surface area contributed by atoms with Crippen LogP contribution in [0, 0.1) is 5.41 Å². The molecular weight excluding hydrogens is 248 g/mol. The van der Waals surface area contributed by atoms with Crippen molar-refractivity contribution >= 4 is 29.3 Å². The van der Waals surface area contributed by atoms with Gasteiger partial charge in [0.05, 0.1) is 11.4 Å². The Morgan fingerprint density at radius 3 is 2.44 bits per heavy atom. The quantitative estimate of drug-likeness (QED) is 0.821. The lowest BCUT2D eigenvalue weighted by Crippen LogP contribution is -2.27. The second-order valence-electron chi connectivity index (χ2n) is 4.96. The third-order valence-electron chi connectivity index (χ3n) is 2.19. The summed E-state index contributed by atoms with van der Waals surface area (Å²) in [4.78, 5) is 23.5. The molecule has 0 heterocycles. The van der Waals surface area contributed by atoms with Crippen molar-refractivity contribution in [1.82, 2.24) is 0 Å². The van der Waals surface area contributed by atoms with E-state index in [0.29, 0.717) is 5.69 Å². The molecule has 0 atom stereocenters. The molecule has 1 aromatic rings. The first kappa shape index (κ1) is 14.6. The van der Waals surface area contributed by atoms with Crippen molar-refractivity contribution in [2.45, 2.75) is 25.7 Å². The fraction of sp³-hybridized carbons (Fsp3) is 0.385. The van der Waals surface area contributed by atoms with Crippen LogP contribution in [0.15, 0.2) is 29.2 Å². The van der Waals surface area contributed by atoms with Gasteiger partial charge >= 0.3 is 0 Å². The Balaban J connectivity index is 2.82. The number of carbonyl (C=O) groups excluding carboxylic acids is 2. The van der Waals surface area contributed by atoms with Crippen LogP contribution in [0.3, 0.4) is 0 Å². The van der Waals surface area contributed by atoms with E-state index in [-0.39, 0.29) is 17.6 Å². The lowest BCUT2D eigenvalue weighted by molar-refractivity contribution is -0.123. The van der Waals surface area contributed by atoms with Crippen LogP contribution < -0.4 is 11.1 Å². The number of amides is 2. The molecule has 3 N–H and O–H groups in total. The minimum absolute atomic E-state index is 0.0605. The first-order valence-corrected chi connectivity index (χ1v) is 6.61. The number of para-hydroxylation sites is 1. The van der Waals surface area contributed by atoms with Gasteiger partial charge in [-0.05, 0) is 12.1 Å². The van der Waals surface area contributed by atoms with Crippen LogP contribution in [0.25, 0.3) is 0 Å². The van der Waals surface area contributed by atoms with Crippen LogP contribution in [0.5, 0.6) is 0 Å².